The number of aromatic nitrogens is 3. The highest BCUT2D eigenvalue weighted by atomic mass is 79.9. The molecule has 2 heterocycles. The summed E-state index contributed by atoms with van der Waals surface area (Å²) in [6.45, 7) is 2.85. The SMILES string of the molecule is CCn1ncnc1CN1C(=O)C(=O)c2ccc(Br)cc21. The van der Waals surface area contributed by atoms with Gasteiger partial charge in [0.15, 0.2) is 0 Å². The number of hydrogen-bond donors (Lipinski definition) is 0. The maximum atomic E-state index is 12.1. The molecule has 1 aromatic carbocycles. The Bertz CT molecular complexity index is 710. The third kappa shape index (κ3) is 1.94. The molecule has 1 aliphatic rings. The summed E-state index contributed by atoms with van der Waals surface area (Å²) >= 11 is 3.36. The van der Waals surface area contributed by atoms with Crippen molar-refractivity contribution in [3.63, 3.8) is 0 Å². The molecule has 20 heavy (non-hydrogen) atoms. The zero-order valence-corrected chi connectivity index (χ0v) is 12.3. The molecule has 2 aromatic rings. The van der Waals surface area contributed by atoms with E-state index in [1.807, 2.05) is 6.92 Å². The predicted molar refractivity (Wildman–Crippen MR) is 75.4 cm³/mol. The number of halogens is 1. The summed E-state index contributed by atoms with van der Waals surface area (Å²) in [7, 11) is 0. The number of amides is 1. The van der Waals surface area contributed by atoms with Crippen LogP contribution in [0.15, 0.2) is 29.0 Å². The topological polar surface area (TPSA) is 68.1 Å². The van der Waals surface area contributed by atoms with Gasteiger partial charge in [-0.1, -0.05) is 15.9 Å². The quantitative estimate of drug-likeness (QED) is 0.802. The minimum absolute atomic E-state index is 0.238. The number of nitrogens with zero attached hydrogens (tertiary/aromatic N) is 4. The molecular formula is C13H11BrN4O2. The summed E-state index contributed by atoms with van der Waals surface area (Å²) < 4.78 is 2.52. The van der Waals surface area contributed by atoms with E-state index in [4.69, 9.17) is 0 Å². The van der Waals surface area contributed by atoms with Gasteiger partial charge in [0, 0.05) is 11.0 Å². The summed E-state index contributed by atoms with van der Waals surface area (Å²) in [5.41, 5.74) is 1.04. The first-order valence-electron chi connectivity index (χ1n) is 6.14. The summed E-state index contributed by atoms with van der Waals surface area (Å²) in [4.78, 5) is 29.6. The van der Waals surface area contributed by atoms with Crippen molar-refractivity contribution < 1.29 is 9.59 Å². The first kappa shape index (κ1) is 13.0. The predicted octanol–water partition coefficient (Wildman–Crippen LogP) is 1.79. The van der Waals surface area contributed by atoms with Crippen LogP contribution in [-0.2, 0) is 17.9 Å². The molecule has 0 fully saturated rings. The fraction of sp³-hybridized carbons (Fsp3) is 0.231. The van der Waals surface area contributed by atoms with E-state index in [1.165, 1.54) is 11.2 Å². The van der Waals surface area contributed by atoms with Crippen molar-refractivity contribution in [2.45, 2.75) is 20.0 Å². The molecule has 6 nitrogen and oxygen atoms in total. The molecule has 0 spiro atoms. The number of fused-ring (bicyclic) bond motifs is 1. The van der Waals surface area contributed by atoms with E-state index in [-0.39, 0.29) is 6.54 Å². The number of hydrogen-bond acceptors (Lipinski definition) is 4. The van der Waals surface area contributed by atoms with Gasteiger partial charge in [-0.3, -0.25) is 14.5 Å². The molecule has 0 saturated carbocycles. The van der Waals surface area contributed by atoms with Crippen LogP contribution in [0.4, 0.5) is 5.69 Å². The molecule has 7 heteroatoms. The number of benzene rings is 1. The Hall–Kier alpha value is -2.02. The molecule has 0 atom stereocenters. The van der Waals surface area contributed by atoms with Crippen LogP contribution < -0.4 is 4.90 Å². The normalized spacial score (nSPS) is 14.0. The van der Waals surface area contributed by atoms with E-state index in [0.717, 1.165) is 4.47 Å². The fourth-order valence-corrected chi connectivity index (χ4v) is 2.59. The van der Waals surface area contributed by atoms with E-state index in [2.05, 4.69) is 26.0 Å². The van der Waals surface area contributed by atoms with E-state index in [1.54, 1.807) is 22.9 Å². The molecule has 1 aromatic heterocycles. The highest BCUT2D eigenvalue weighted by Gasteiger charge is 2.36. The molecule has 0 unspecified atom stereocenters. The second kappa shape index (κ2) is 4.82. The van der Waals surface area contributed by atoms with Gasteiger partial charge < -0.3 is 0 Å². The van der Waals surface area contributed by atoms with Crippen LogP contribution in [0.2, 0.25) is 0 Å². The van der Waals surface area contributed by atoms with Crippen molar-refractivity contribution in [2.75, 3.05) is 4.90 Å². The van der Waals surface area contributed by atoms with Gasteiger partial charge in [-0.15, -0.1) is 0 Å². The fourth-order valence-electron chi connectivity index (χ4n) is 2.24. The van der Waals surface area contributed by atoms with Gasteiger partial charge in [0.1, 0.15) is 12.2 Å². The molecule has 0 N–H and O–H groups in total. The number of ketones is 1. The minimum atomic E-state index is -0.524. The molecule has 3 rings (SSSR count). The lowest BCUT2D eigenvalue weighted by Crippen LogP contribution is -2.30. The van der Waals surface area contributed by atoms with Crippen molar-refractivity contribution in [3.8, 4) is 0 Å². The molecule has 1 amide bonds. The van der Waals surface area contributed by atoms with Crippen LogP contribution in [0, 0.1) is 0 Å². The average Bonchev–Trinajstić information content (AvgIpc) is 2.98. The van der Waals surface area contributed by atoms with Crippen LogP contribution in [0.3, 0.4) is 0 Å². The molecule has 102 valence electrons. The van der Waals surface area contributed by atoms with E-state index < -0.39 is 11.7 Å². The zero-order valence-electron chi connectivity index (χ0n) is 10.7. The van der Waals surface area contributed by atoms with Gasteiger partial charge in [-0.2, -0.15) is 5.10 Å². The smallest absolute Gasteiger partial charge is 0.297 e. The molecule has 1 aliphatic heterocycles. The van der Waals surface area contributed by atoms with Gasteiger partial charge in [-0.25, -0.2) is 9.67 Å². The highest BCUT2D eigenvalue weighted by molar-refractivity contribution is 9.10. The lowest BCUT2D eigenvalue weighted by molar-refractivity contribution is -0.114. The van der Waals surface area contributed by atoms with Crippen molar-refractivity contribution in [2.24, 2.45) is 0 Å². The molecule has 0 bridgehead atoms. The van der Waals surface area contributed by atoms with Crippen molar-refractivity contribution in [1.29, 1.82) is 0 Å². The van der Waals surface area contributed by atoms with Crippen LogP contribution in [0.5, 0.6) is 0 Å². The second-order valence-corrected chi connectivity index (χ2v) is 5.29. The lowest BCUT2D eigenvalue weighted by atomic mass is 10.1. The largest absolute Gasteiger partial charge is 0.299 e. The summed E-state index contributed by atoms with van der Waals surface area (Å²) in [5, 5.41) is 4.07. The maximum absolute atomic E-state index is 12.1. The van der Waals surface area contributed by atoms with Gasteiger partial charge in [0.2, 0.25) is 0 Å². The Kier molecular flexibility index (Phi) is 3.13. The van der Waals surface area contributed by atoms with Crippen molar-refractivity contribution in [1.82, 2.24) is 14.8 Å². The van der Waals surface area contributed by atoms with Crippen LogP contribution in [0.1, 0.15) is 23.1 Å². The third-order valence-corrected chi connectivity index (χ3v) is 3.72. The molecule has 0 aliphatic carbocycles. The van der Waals surface area contributed by atoms with Crippen LogP contribution in [-0.4, -0.2) is 26.5 Å². The Balaban J connectivity index is 2.01. The number of aryl methyl sites for hydroxylation is 1. The highest BCUT2D eigenvalue weighted by Crippen LogP contribution is 2.32. The summed E-state index contributed by atoms with van der Waals surface area (Å²) in [5.74, 6) is -0.347. The Morgan fingerprint density at radius 1 is 1.30 bits per heavy atom. The van der Waals surface area contributed by atoms with Crippen LogP contribution >= 0.6 is 15.9 Å². The monoisotopic (exact) mass is 334 g/mol. The van der Waals surface area contributed by atoms with Crippen molar-refractivity contribution >= 4 is 33.3 Å². The zero-order chi connectivity index (χ0) is 14.3. The maximum Gasteiger partial charge on any atom is 0.299 e. The molecule has 0 radical (unpaired) electrons. The average molecular weight is 335 g/mol. The van der Waals surface area contributed by atoms with E-state index in [9.17, 15) is 9.59 Å². The van der Waals surface area contributed by atoms with Gasteiger partial charge in [0.05, 0.1) is 17.8 Å². The molecule has 0 saturated heterocycles. The Labute approximate surface area is 123 Å². The number of Topliss-reactive ketones (excluding diaryl/α,β-unsaturated/α-hetero) is 1. The summed E-state index contributed by atoms with van der Waals surface area (Å²) in [6, 6.07) is 5.18. The number of carbonyl (C=O) groups excluding carboxylic acids is 2. The van der Waals surface area contributed by atoms with Crippen molar-refractivity contribution in [3.05, 3.63) is 40.4 Å². The second-order valence-electron chi connectivity index (χ2n) is 4.37. The number of carbonyl (C=O) groups is 2. The lowest BCUT2D eigenvalue weighted by Gasteiger charge is -2.16. The first-order chi connectivity index (χ1) is 9.61. The van der Waals surface area contributed by atoms with Crippen LogP contribution in [0.25, 0.3) is 0 Å². The third-order valence-electron chi connectivity index (χ3n) is 3.23. The van der Waals surface area contributed by atoms with Gasteiger partial charge in [0.25, 0.3) is 11.7 Å². The summed E-state index contributed by atoms with van der Waals surface area (Å²) in [6.07, 6.45) is 1.45. The number of anilines is 1. The Morgan fingerprint density at radius 3 is 2.85 bits per heavy atom. The number of rotatable bonds is 3. The van der Waals surface area contributed by atoms with E-state index in [0.29, 0.717) is 23.6 Å². The first-order valence-corrected chi connectivity index (χ1v) is 6.93. The molecular weight excluding hydrogens is 324 g/mol. The Morgan fingerprint density at radius 2 is 2.10 bits per heavy atom. The van der Waals surface area contributed by atoms with Gasteiger partial charge in [-0.05, 0) is 25.1 Å². The van der Waals surface area contributed by atoms with Gasteiger partial charge >= 0.3 is 0 Å². The van der Waals surface area contributed by atoms with E-state index >= 15 is 0 Å². The minimum Gasteiger partial charge on any atom is -0.297 e. The standard InChI is InChI=1S/C13H11BrN4O2/c1-2-18-11(15-7-16-18)6-17-10-5-8(14)3-4-9(10)12(19)13(17)20/h3-5,7H,2,6H2,1H3.